The Kier molecular flexibility index (Phi) is 5.89. The van der Waals surface area contributed by atoms with E-state index in [0.717, 1.165) is 30.5 Å². The molecule has 5 nitrogen and oxygen atoms in total. The van der Waals surface area contributed by atoms with E-state index in [1.54, 1.807) is 4.90 Å². The first-order valence-corrected chi connectivity index (χ1v) is 9.20. The number of carbonyl (C=O) groups excluding carboxylic acids is 1. The zero-order chi connectivity index (χ0) is 18.5. The Morgan fingerprint density at radius 3 is 2.77 bits per heavy atom. The van der Waals surface area contributed by atoms with Crippen molar-refractivity contribution >= 4 is 5.91 Å². The van der Waals surface area contributed by atoms with E-state index in [1.807, 2.05) is 38.1 Å². The highest BCUT2D eigenvalue weighted by Gasteiger charge is 2.27. The summed E-state index contributed by atoms with van der Waals surface area (Å²) in [4.78, 5) is 29.5. The molecule has 1 unspecified atom stereocenters. The lowest BCUT2D eigenvalue weighted by Gasteiger charge is -2.33. The Labute approximate surface area is 154 Å². The summed E-state index contributed by atoms with van der Waals surface area (Å²) < 4.78 is 5.83. The summed E-state index contributed by atoms with van der Waals surface area (Å²) in [6, 6.07) is 12.2. The second-order valence-electron chi connectivity index (χ2n) is 6.96. The topological polar surface area (TPSA) is 62.4 Å². The lowest BCUT2D eigenvalue weighted by molar-refractivity contribution is -0.0255. The molecule has 1 aromatic heterocycles. The van der Waals surface area contributed by atoms with Gasteiger partial charge in [0.15, 0.2) is 0 Å². The lowest BCUT2D eigenvalue weighted by atomic mass is 10.0. The smallest absolute Gasteiger partial charge is 0.261 e. The number of carbonyl (C=O) groups is 1. The molecule has 2 aromatic rings. The average molecular weight is 354 g/mol. The molecule has 1 aliphatic heterocycles. The van der Waals surface area contributed by atoms with Crippen molar-refractivity contribution in [1.82, 2.24) is 9.88 Å². The van der Waals surface area contributed by atoms with E-state index >= 15 is 0 Å². The first-order chi connectivity index (χ1) is 12.5. The van der Waals surface area contributed by atoms with E-state index in [0.29, 0.717) is 19.7 Å². The molecule has 0 spiro atoms. The van der Waals surface area contributed by atoms with Gasteiger partial charge < -0.3 is 14.6 Å². The van der Waals surface area contributed by atoms with E-state index in [2.05, 4.69) is 17.1 Å². The van der Waals surface area contributed by atoms with Gasteiger partial charge in [-0.2, -0.15) is 0 Å². The molecule has 1 atom stereocenters. The minimum Gasteiger partial charge on any atom is -0.375 e. The Morgan fingerprint density at radius 1 is 1.27 bits per heavy atom. The summed E-state index contributed by atoms with van der Waals surface area (Å²) in [5.41, 5.74) is 2.76. The van der Waals surface area contributed by atoms with E-state index in [1.165, 1.54) is 5.56 Å². The monoisotopic (exact) mass is 354 g/mol. The average Bonchev–Trinajstić information content (AvgIpc) is 2.62. The minimum atomic E-state index is -0.306. The number of ether oxygens (including phenoxy) is 1. The van der Waals surface area contributed by atoms with Crippen LogP contribution < -0.4 is 5.56 Å². The molecule has 0 radical (unpaired) electrons. The number of nitrogens with one attached hydrogen (secondary N) is 1. The zero-order valence-corrected chi connectivity index (χ0v) is 15.5. The summed E-state index contributed by atoms with van der Waals surface area (Å²) in [5, 5.41) is 0. The number of H-pyrrole nitrogens is 1. The third kappa shape index (κ3) is 4.41. The predicted molar refractivity (Wildman–Crippen MR) is 102 cm³/mol. The maximum atomic E-state index is 12.8. The lowest BCUT2D eigenvalue weighted by Crippen LogP contribution is -2.47. The van der Waals surface area contributed by atoms with E-state index < -0.39 is 0 Å². The van der Waals surface area contributed by atoms with Gasteiger partial charge in [0.1, 0.15) is 5.56 Å². The van der Waals surface area contributed by atoms with Gasteiger partial charge in [-0.15, -0.1) is 0 Å². The Bertz CT molecular complexity index is 814. The fraction of sp³-hybridized carbons (Fsp3) is 0.429. The largest absolute Gasteiger partial charge is 0.375 e. The molecule has 1 saturated heterocycles. The van der Waals surface area contributed by atoms with Crippen molar-refractivity contribution in [2.45, 2.75) is 39.2 Å². The van der Waals surface area contributed by atoms with Crippen LogP contribution in [0.15, 0.2) is 41.2 Å². The van der Waals surface area contributed by atoms with E-state index in [4.69, 9.17) is 4.74 Å². The van der Waals surface area contributed by atoms with Gasteiger partial charge in [-0.05, 0) is 50.3 Å². The SMILES string of the molecule is Cc1cc(C)c(C(=O)N2CCOC(CCCc3ccccc3)C2)c(=O)[nH]1. The minimum absolute atomic E-state index is 0.0289. The van der Waals surface area contributed by atoms with Crippen LogP contribution in [0.25, 0.3) is 0 Å². The fourth-order valence-electron chi connectivity index (χ4n) is 3.53. The molecule has 0 saturated carbocycles. The number of aromatic nitrogens is 1. The van der Waals surface area contributed by atoms with Gasteiger partial charge in [0.05, 0.1) is 12.7 Å². The molecule has 1 N–H and O–H groups in total. The van der Waals surface area contributed by atoms with Crippen LogP contribution in [0.3, 0.4) is 0 Å². The number of aromatic amines is 1. The maximum Gasteiger partial charge on any atom is 0.261 e. The van der Waals surface area contributed by atoms with Gasteiger partial charge in [0.25, 0.3) is 11.5 Å². The Balaban J connectivity index is 1.60. The molecule has 5 heteroatoms. The number of hydrogen-bond acceptors (Lipinski definition) is 3. The number of aryl methyl sites for hydroxylation is 3. The van der Waals surface area contributed by atoms with Gasteiger partial charge in [-0.1, -0.05) is 30.3 Å². The number of rotatable bonds is 5. The number of amides is 1. The number of benzene rings is 1. The molecule has 1 aromatic carbocycles. The summed E-state index contributed by atoms with van der Waals surface area (Å²) in [5.74, 6) is -0.194. The van der Waals surface area contributed by atoms with Crippen molar-refractivity contribution < 1.29 is 9.53 Å². The van der Waals surface area contributed by atoms with Crippen LogP contribution in [0.5, 0.6) is 0 Å². The maximum absolute atomic E-state index is 12.8. The van der Waals surface area contributed by atoms with Crippen LogP contribution in [0.1, 0.15) is 40.0 Å². The molecular weight excluding hydrogens is 328 g/mol. The van der Waals surface area contributed by atoms with Crippen molar-refractivity contribution in [3.05, 3.63) is 69.1 Å². The first kappa shape index (κ1) is 18.4. The quantitative estimate of drug-likeness (QED) is 0.898. The van der Waals surface area contributed by atoms with Crippen molar-refractivity contribution in [3.8, 4) is 0 Å². The first-order valence-electron chi connectivity index (χ1n) is 9.20. The fourth-order valence-corrected chi connectivity index (χ4v) is 3.53. The zero-order valence-electron chi connectivity index (χ0n) is 15.5. The number of pyridine rings is 1. The number of nitrogens with zero attached hydrogens (tertiary/aromatic N) is 1. The van der Waals surface area contributed by atoms with Crippen LogP contribution >= 0.6 is 0 Å². The normalized spacial score (nSPS) is 17.3. The summed E-state index contributed by atoms with van der Waals surface area (Å²) in [6.07, 6.45) is 2.95. The van der Waals surface area contributed by atoms with Gasteiger partial charge in [-0.3, -0.25) is 9.59 Å². The molecule has 26 heavy (non-hydrogen) atoms. The number of morpholine rings is 1. The van der Waals surface area contributed by atoms with Gasteiger partial charge >= 0.3 is 0 Å². The van der Waals surface area contributed by atoms with Crippen molar-refractivity contribution in [2.24, 2.45) is 0 Å². The second kappa shape index (κ2) is 8.32. The van der Waals surface area contributed by atoms with Gasteiger partial charge in [0.2, 0.25) is 0 Å². The highest BCUT2D eigenvalue weighted by molar-refractivity contribution is 5.95. The Hall–Kier alpha value is -2.40. The summed E-state index contributed by atoms with van der Waals surface area (Å²) >= 11 is 0. The van der Waals surface area contributed by atoms with Crippen molar-refractivity contribution in [1.29, 1.82) is 0 Å². The van der Waals surface area contributed by atoms with Crippen LogP contribution in [-0.2, 0) is 11.2 Å². The highest BCUT2D eigenvalue weighted by atomic mass is 16.5. The summed E-state index contributed by atoms with van der Waals surface area (Å²) in [6.45, 7) is 5.22. The third-order valence-electron chi connectivity index (χ3n) is 4.84. The standard InChI is InChI=1S/C21H26N2O3/c1-15-13-16(2)22-20(24)19(15)21(25)23-11-12-26-18(14-23)10-6-9-17-7-4-3-5-8-17/h3-5,7-8,13,18H,6,9-12,14H2,1-2H3,(H,22,24). The van der Waals surface area contributed by atoms with Crippen molar-refractivity contribution in [3.63, 3.8) is 0 Å². The van der Waals surface area contributed by atoms with E-state index in [9.17, 15) is 9.59 Å². The van der Waals surface area contributed by atoms with Crippen LogP contribution in [-0.4, -0.2) is 41.6 Å². The molecule has 138 valence electrons. The molecule has 0 bridgehead atoms. The van der Waals surface area contributed by atoms with Crippen LogP contribution in [0.2, 0.25) is 0 Å². The summed E-state index contributed by atoms with van der Waals surface area (Å²) in [7, 11) is 0. The van der Waals surface area contributed by atoms with Crippen LogP contribution in [0.4, 0.5) is 0 Å². The van der Waals surface area contributed by atoms with Gasteiger partial charge in [0, 0.05) is 18.8 Å². The molecule has 1 aliphatic rings. The van der Waals surface area contributed by atoms with Crippen molar-refractivity contribution in [2.75, 3.05) is 19.7 Å². The number of hydrogen-bond donors (Lipinski definition) is 1. The molecule has 2 heterocycles. The van der Waals surface area contributed by atoms with E-state index in [-0.39, 0.29) is 23.1 Å². The molecular formula is C21H26N2O3. The van der Waals surface area contributed by atoms with Crippen LogP contribution in [0, 0.1) is 13.8 Å². The highest BCUT2D eigenvalue weighted by Crippen LogP contribution is 2.16. The molecule has 0 aliphatic carbocycles. The Morgan fingerprint density at radius 2 is 2.04 bits per heavy atom. The second-order valence-corrected chi connectivity index (χ2v) is 6.96. The molecule has 3 rings (SSSR count). The molecule has 1 fully saturated rings. The van der Waals surface area contributed by atoms with Gasteiger partial charge in [-0.25, -0.2) is 0 Å². The third-order valence-corrected chi connectivity index (χ3v) is 4.84. The molecule has 1 amide bonds. The predicted octanol–water partition coefficient (Wildman–Crippen LogP) is 2.86.